The lowest BCUT2D eigenvalue weighted by Gasteiger charge is -2.25. The molecule has 0 aliphatic heterocycles. The summed E-state index contributed by atoms with van der Waals surface area (Å²) in [7, 11) is 0. The monoisotopic (exact) mass is 467 g/mol. The molecule has 0 radical (unpaired) electrons. The highest BCUT2D eigenvalue weighted by atomic mass is 35.5. The van der Waals surface area contributed by atoms with Gasteiger partial charge in [-0.25, -0.2) is 0 Å². The third-order valence-corrected chi connectivity index (χ3v) is 7.12. The zero-order chi connectivity index (χ0) is 23.5. The second-order valence-electron chi connectivity index (χ2n) is 9.53. The summed E-state index contributed by atoms with van der Waals surface area (Å²) in [6.07, 6.45) is 12.4. The van der Waals surface area contributed by atoms with Crippen LogP contribution in [0.1, 0.15) is 89.7 Å². The number of aliphatic hydroxyl groups excluding tert-OH is 1. The Bertz CT molecular complexity index is 972. The minimum atomic E-state index is -0.477. The Morgan fingerprint density at radius 3 is 1.97 bits per heavy atom. The molecule has 3 aromatic carbocycles. The fourth-order valence-corrected chi connectivity index (χ4v) is 5.09. The van der Waals surface area contributed by atoms with Gasteiger partial charge < -0.3 is 10.0 Å². The smallest absolute Gasteiger partial charge is 0.0917 e. The van der Waals surface area contributed by atoms with Gasteiger partial charge in [0.1, 0.15) is 0 Å². The van der Waals surface area contributed by atoms with Crippen LogP contribution < -0.4 is 0 Å². The Labute approximate surface area is 205 Å². The van der Waals surface area contributed by atoms with E-state index >= 15 is 0 Å². The number of benzene rings is 3. The molecular formula is C30H42ClNO. The van der Waals surface area contributed by atoms with E-state index in [1.807, 2.05) is 12.1 Å². The van der Waals surface area contributed by atoms with Crippen molar-refractivity contribution in [2.75, 3.05) is 19.6 Å². The predicted molar refractivity (Wildman–Crippen MR) is 145 cm³/mol. The molecule has 0 bridgehead atoms. The summed E-state index contributed by atoms with van der Waals surface area (Å²) in [4.78, 5) is 2.49. The van der Waals surface area contributed by atoms with Gasteiger partial charge in [0.15, 0.2) is 0 Å². The molecule has 0 aromatic heterocycles. The lowest BCUT2D eigenvalue weighted by Crippen LogP contribution is -2.31. The second kappa shape index (κ2) is 13.9. The van der Waals surface area contributed by atoms with Gasteiger partial charge in [-0.2, -0.15) is 0 Å². The number of fused-ring (bicyclic) bond motifs is 3. The van der Waals surface area contributed by atoms with Crippen LogP contribution in [0.4, 0.5) is 0 Å². The topological polar surface area (TPSA) is 23.5 Å². The van der Waals surface area contributed by atoms with Crippen LogP contribution in [-0.4, -0.2) is 29.6 Å². The molecule has 33 heavy (non-hydrogen) atoms. The van der Waals surface area contributed by atoms with Crippen molar-refractivity contribution in [3.8, 4) is 0 Å². The normalized spacial score (nSPS) is 12.8. The molecular weight excluding hydrogens is 426 g/mol. The molecule has 0 spiro atoms. The van der Waals surface area contributed by atoms with Crippen molar-refractivity contribution in [3.63, 3.8) is 0 Å². The lowest BCUT2D eigenvalue weighted by molar-refractivity contribution is 0.110. The van der Waals surface area contributed by atoms with Crippen molar-refractivity contribution in [1.82, 2.24) is 4.90 Å². The second-order valence-corrected chi connectivity index (χ2v) is 9.94. The van der Waals surface area contributed by atoms with Gasteiger partial charge in [0.2, 0.25) is 0 Å². The Balaban J connectivity index is 1.70. The maximum Gasteiger partial charge on any atom is 0.0917 e. The van der Waals surface area contributed by atoms with Gasteiger partial charge in [-0.15, -0.1) is 0 Å². The van der Waals surface area contributed by atoms with Gasteiger partial charge in [0.05, 0.1) is 6.10 Å². The van der Waals surface area contributed by atoms with Crippen LogP contribution in [-0.2, 0) is 0 Å². The van der Waals surface area contributed by atoms with E-state index in [-0.39, 0.29) is 0 Å². The predicted octanol–water partition coefficient (Wildman–Crippen LogP) is 8.92. The molecule has 0 saturated carbocycles. The fraction of sp³-hybridized carbons (Fsp3) is 0.533. The van der Waals surface area contributed by atoms with Crippen LogP contribution in [0, 0.1) is 0 Å². The summed E-state index contributed by atoms with van der Waals surface area (Å²) in [6.45, 7) is 7.40. The van der Waals surface area contributed by atoms with Crippen molar-refractivity contribution < 1.29 is 5.11 Å². The molecule has 0 fully saturated rings. The molecule has 3 rings (SSSR count). The van der Waals surface area contributed by atoms with Gasteiger partial charge in [-0.05, 0) is 59.8 Å². The van der Waals surface area contributed by atoms with Crippen molar-refractivity contribution >= 4 is 33.1 Å². The molecule has 1 atom stereocenters. The van der Waals surface area contributed by atoms with E-state index in [4.69, 9.17) is 11.6 Å². The molecule has 0 heterocycles. The maximum absolute atomic E-state index is 11.2. The molecule has 0 saturated heterocycles. The Kier molecular flexibility index (Phi) is 11.0. The van der Waals surface area contributed by atoms with Gasteiger partial charge in [-0.1, -0.05) is 113 Å². The molecule has 0 aliphatic rings. The summed E-state index contributed by atoms with van der Waals surface area (Å²) in [5.74, 6) is 0. The minimum Gasteiger partial charge on any atom is -0.387 e. The van der Waals surface area contributed by atoms with E-state index in [1.165, 1.54) is 64.2 Å². The van der Waals surface area contributed by atoms with Crippen molar-refractivity contribution in [3.05, 3.63) is 59.1 Å². The van der Waals surface area contributed by atoms with E-state index in [0.717, 1.165) is 45.2 Å². The van der Waals surface area contributed by atoms with E-state index in [2.05, 4.69) is 55.1 Å². The summed E-state index contributed by atoms with van der Waals surface area (Å²) in [5, 5.41) is 16.5. The molecule has 3 heteroatoms. The van der Waals surface area contributed by atoms with Crippen LogP contribution in [0.2, 0.25) is 5.02 Å². The zero-order valence-corrected chi connectivity index (χ0v) is 21.4. The van der Waals surface area contributed by atoms with Gasteiger partial charge in [0, 0.05) is 17.0 Å². The third kappa shape index (κ3) is 7.70. The van der Waals surface area contributed by atoms with Crippen LogP contribution >= 0.6 is 11.6 Å². The van der Waals surface area contributed by atoms with Crippen molar-refractivity contribution in [2.45, 2.75) is 84.2 Å². The van der Waals surface area contributed by atoms with E-state index in [1.54, 1.807) is 0 Å². The molecule has 1 N–H and O–H groups in total. The fourth-order valence-electron chi connectivity index (χ4n) is 4.80. The van der Waals surface area contributed by atoms with Crippen LogP contribution in [0.5, 0.6) is 0 Å². The summed E-state index contributed by atoms with van der Waals surface area (Å²) >= 11 is 6.51. The number of rotatable bonds is 15. The van der Waals surface area contributed by atoms with Crippen LogP contribution in [0.3, 0.4) is 0 Å². The SMILES string of the molecule is CCCCCCCN(CCCCCCC)C[C@@H](O)c1ccc2cc(Cl)c3ccccc3c2c1. The minimum absolute atomic E-state index is 0.477. The summed E-state index contributed by atoms with van der Waals surface area (Å²) < 4.78 is 0. The Hall–Kier alpha value is -1.61. The zero-order valence-electron chi connectivity index (χ0n) is 20.7. The average Bonchev–Trinajstić information content (AvgIpc) is 2.83. The first-order valence-corrected chi connectivity index (χ1v) is 13.5. The van der Waals surface area contributed by atoms with E-state index < -0.39 is 6.10 Å². The highest BCUT2D eigenvalue weighted by molar-refractivity contribution is 6.37. The molecule has 2 nitrogen and oxygen atoms in total. The molecule has 0 unspecified atom stereocenters. The number of hydrogen-bond acceptors (Lipinski definition) is 2. The summed E-state index contributed by atoms with van der Waals surface area (Å²) in [5.41, 5.74) is 0.997. The maximum atomic E-state index is 11.2. The molecule has 0 aliphatic carbocycles. The number of unbranched alkanes of at least 4 members (excludes halogenated alkanes) is 8. The van der Waals surface area contributed by atoms with Gasteiger partial charge in [0.25, 0.3) is 0 Å². The lowest BCUT2D eigenvalue weighted by atomic mass is 9.98. The quantitative estimate of drug-likeness (QED) is 0.178. The van der Waals surface area contributed by atoms with Crippen LogP contribution in [0.25, 0.3) is 21.5 Å². The molecule has 0 amide bonds. The average molecular weight is 468 g/mol. The third-order valence-electron chi connectivity index (χ3n) is 6.81. The van der Waals surface area contributed by atoms with Crippen molar-refractivity contribution in [1.29, 1.82) is 0 Å². The number of aliphatic hydroxyl groups is 1. The number of halogens is 1. The van der Waals surface area contributed by atoms with Crippen molar-refractivity contribution in [2.24, 2.45) is 0 Å². The summed E-state index contributed by atoms with van der Waals surface area (Å²) in [6, 6.07) is 16.6. The Morgan fingerprint density at radius 2 is 1.33 bits per heavy atom. The first-order chi connectivity index (χ1) is 16.1. The first-order valence-electron chi connectivity index (χ1n) is 13.1. The highest BCUT2D eigenvalue weighted by Gasteiger charge is 2.15. The largest absolute Gasteiger partial charge is 0.387 e. The van der Waals surface area contributed by atoms with Crippen LogP contribution in [0.15, 0.2) is 48.5 Å². The molecule has 3 aromatic rings. The van der Waals surface area contributed by atoms with Gasteiger partial charge >= 0.3 is 0 Å². The number of nitrogens with zero attached hydrogens (tertiary/aromatic N) is 1. The van der Waals surface area contributed by atoms with E-state index in [9.17, 15) is 5.11 Å². The Morgan fingerprint density at radius 1 is 0.727 bits per heavy atom. The first kappa shape index (κ1) is 26.0. The standard InChI is InChI=1S/C30H42ClNO/c1-3-5-7-9-13-19-32(20-14-10-8-6-4-2)23-30(33)25-18-17-24-22-29(31)27-16-12-11-15-26(27)28(24)21-25/h11-12,15-18,21-22,30,33H,3-10,13-14,19-20,23H2,1-2H3/t30-/m1/s1. The van der Waals surface area contributed by atoms with Gasteiger partial charge in [-0.3, -0.25) is 0 Å². The highest BCUT2D eigenvalue weighted by Crippen LogP contribution is 2.33. The van der Waals surface area contributed by atoms with E-state index in [0.29, 0.717) is 6.54 Å². The number of hydrogen-bond donors (Lipinski definition) is 1. The molecule has 180 valence electrons.